The molecule has 2 N–H and O–H groups in total. The highest BCUT2D eigenvalue weighted by atomic mass is 16.5. The Hall–Kier alpha value is -2.31. The van der Waals surface area contributed by atoms with Crippen LogP contribution in [0.25, 0.3) is 0 Å². The Bertz CT molecular complexity index is 717. The third kappa shape index (κ3) is 5.14. The quantitative estimate of drug-likeness (QED) is 0.699. The number of piperidine rings is 1. The summed E-state index contributed by atoms with van der Waals surface area (Å²) in [4.78, 5) is 42.0. The minimum Gasteiger partial charge on any atom is -0.461 e. The fourth-order valence-corrected chi connectivity index (χ4v) is 3.67. The zero-order valence-electron chi connectivity index (χ0n) is 17.7. The first kappa shape index (κ1) is 22.0. The van der Waals surface area contributed by atoms with Gasteiger partial charge in [0.15, 0.2) is 0 Å². The largest absolute Gasteiger partial charge is 0.461 e. The van der Waals surface area contributed by atoms with Gasteiger partial charge in [-0.15, -0.1) is 0 Å². The third-order valence-corrected chi connectivity index (χ3v) is 5.53. The van der Waals surface area contributed by atoms with E-state index in [1.807, 2.05) is 18.7 Å². The molecule has 0 saturated carbocycles. The molecule has 0 aromatic carbocycles. The van der Waals surface area contributed by atoms with Crippen molar-refractivity contribution in [1.82, 2.24) is 15.2 Å². The molecule has 1 aliphatic rings. The predicted molar refractivity (Wildman–Crippen MR) is 107 cm³/mol. The number of H-pyrrole nitrogens is 1. The molecule has 7 heteroatoms. The Morgan fingerprint density at radius 3 is 2.43 bits per heavy atom. The minimum absolute atomic E-state index is 0.0655. The SMILES string of the molecule is CCOC(=O)c1[nH]c(C)c(C(=O)N2CCC(CC(=O)N[C@H](C)CC)CC2)c1C. The van der Waals surface area contributed by atoms with Gasteiger partial charge >= 0.3 is 5.97 Å². The number of aromatic nitrogens is 1. The lowest BCUT2D eigenvalue weighted by Gasteiger charge is -2.32. The van der Waals surface area contributed by atoms with E-state index in [0.29, 0.717) is 47.9 Å². The molecule has 1 saturated heterocycles. The van der Waals surface area contributed by atoms with Crippen LogP contribution in [-0.2, 0) is 9.53 Å². The first-order chi connectivity index (χ1) is 13.3. The first-order valence-corrected chi connectivity index (χ1v) is 10.2. The number of likely N-dealkylation sites (tertiary alicyclic amines) is 1. The molecule has 0 radical (unpaired) electrons. The Morgan fingerprint density at radius 1 is 1.21 bits per heavy atom. The van der Waals surface area contributed by atoms with Crippen LogP contribution in [0, 0.1) is 19.8 Å². The van der Waals surface area contributed by atoms with Gasteiger partial charge in [-0.1, -0.05) is 6.92 Å². The predicted octanol–water partition coefficient (Wildman–Crippen LogP) is 2.97. The normalized spacial score (nSPS) is 16.0. The van der Waals surface area contributed by atoms with Crippen LogP contribution < -0.4 is 5.32 Å². The van der Waals surface area contributed by atoms with Crippen LogP contribution >= 0.6 is 0 Å². The van der Waals surface area contributed by atoms with Gasteiger partial charge in [0.25, 0.3) is 5.91 Å². The van der Waals surface area contributed by atoms with E-state index in [-0.39, 0.29) is 24.5 Å². The number of amides is 2. The highest BCUT2D eigenvalue weighted by Gasteiger charge is 2.29. The maximum atomic E-state index is 13.0. The average Bonchev–Trinajstić information content (AvgIpc) is 2.96. The molecule has 0 aliphatic carbocycles. The number of carbonyl (C=O) groups is 3. The van der Waals surface area contributed by atoms with Crippen molar-refractivity contribution >= 4 is 17.8 Å². The molecule has 7 nitrogen and oxygen atoms in total. The number of aromatic amines is 1. The summed E-state index contributed by atoms with van der Waals surface area (Å²) in [5, 5.41) is 3.01. The van der Waals surface area contributed by atoms with Crippen molar-refractivity contribution < 1.29 is 19.1 Å². The standard InChI is InChI=1S/C21H33N3O4/c1-6-13(3)22-17(25)12-16-8-10-24(11-9-16)20(26)18-14(4)19(23-15(18)5)21(27)28-7-2/h13,16,23H,6-12H2,1-5H3,(H,22,25)/t13-/m1/s1. The van der Waals surface area contributed by atoms with Crippen molar-refractivity contribution in [2.24, 2.45) is 5.92 Å². The molecule has 156 valence electrons. The summed E-state index contributed by atoms with van der Waals surface area (Å²) in [6, 6.07) is 0.197. The van der Waals surface area contributed by atoms with E-state index in [2.05, 4.69) is 10.3 Å². The summed E-state index contributed by atoms with van der Waals surface area (Å²) in [7, 11) is 0. The topological polar surface area (TPSA) is 91.5 Å². The molecule has 1 atom stereocenters. The Labute approximate surface area is 167 Å². The van der Waals surface area contributed by atoms with Gasteiger partial charge in [0.05, 0.1) is 12.2 Å². The molecule has 2 amide bonds. The molecule has 0 unspecified atom stereocenters. The number of rotatable bonds is 7. The minimum atomic E-state index is -0.437. The van der Waals surface area contributed by atoms with Crippen molar-refractivity contribution in [3.8, 4) is 0 Å². The molecule has 1 fully saturated rings. The zero-order valence-corrected chi connectivity index (χ0v) is 17.7. The van der Waals surface area contributed by atoms with Crippen molar-refractivity contribution in [3.63, 3.8) is 0 Å². The number of nitrogens with one attached hydrogen (secondary N) is 2. The van der Waals surface area contributed by atoms with Crippen LogP contribution in [0.4, 0.5) is 0 Å². The molecular weight excluding hydrogens is 358 g/mol. The summed E-state index contributed by atoms with van der Waals surface area (Å²) in [6.45, 7) is 10.9. The Balaban J connectivity index is 1.97. The van der Waals surface area contributed by atoms with Crippen LogP contribution in [0.15, 0.2) is 0 Å². The molecule has 1 aromatic rings. The summed E-state index contributed by atoms with van der Waals surface area (Å²) >= 11 is 0. The summed E-state index contributed by atoms with van der Waals surface area (Å²) in [5.41, 5.74) is 2.21. The number of carbonyl (C=O) groups excluding carboxylic acids is 3. The van der Waals surface area contributed by atoms with Gasteiger partial charge in [0, 0.05) is 31.2 Å². The summed E-state index contributed by atoms with van der Waals surface area (Å²) in [5.74, 6) is -0.107. The fraction of sp³-hybridized carbons (Fsp3) is 0.667. The molecule has 1 aliphatic heterocycles. The zero-order chi connectivity index (χ0) is 20.8. The van der Waals surface area contributed by atoms with Crippen LogP contribution in [0.2, 0.25) is 0 Å². The van der Waals surface area contributed by atoms with Gasteiger partial charge in [-0.3, -0.25) is 9.59 Å². The number of hydrogen-bond acceptors (Lipinski definition) is 4. The van der Waals surface area contributed by atoms with Gasteiger partial charge in [-0.25, -0.2) is 4.79 Å². The third-order valence-electron chi connectivity index (χ3n) is 5.53. The average molecular weight is 392 g/mol. The summed E-state index contributed by atoms with van der Waals surface area (Å²) in [6.07, 6.45) is 3.06. The van der Waals surface area contributed by atoms with E-state index in [4.69, 9.17) is 4.74 Å². The Kier molecular flexibility index (Phi) is 7.66. The van der Waals surface area contributed by atoms with Gasteiger partial charge in [-0.2, -0.15) is 0 Å². The van der Waals surface area contributed by atoms with Crippen LogP contribution in [0.5, 0.6) is 0 Å². The monoisotopic (exact) mass is 391 g/mol. The maximum Gasteiger partial charge on any atom is 0.355 e. The highest BCUT2D eigenvalue weighted by molar-refractivity contribution is 6.01. The number of nitrogens with zero attached hydrogens (tertiary/aromatic N) is 1. The maximum absolute atomic E-state index is 13.0. The van der Waals surface area contributed by atoms with Crippen LogP contribution in [0.3, 0.4) is 0 Å². The molecule has 2 heterocycles. The molecule has 28 heavy (non-hydrogen) atoms. The van der Waals surface area contributed by atoms with Gasteiger partial charge in [0.2, 0.25) is 5.91 Å². The lowest BCUT2D eigenvalue weighted by Crippen LogP contribution is -2.40. The second kappa shape index (κ2) is 9.75. The lowest BCUT2D eigenvalue weighted by molar-refractivity contribution is -0.122. The van der Waals surface area contributed by atoms with E-state index in [0.717, 1.165) is 19.3 Å². The van der Waals surface area contributed by atoms with Crippen molar-refractivity contribution in [1.29, 1.82) is 0 Å². The highest BCUT2D eigenvalue weighted by Crippen LogP contribution is 2.25. The molecular formula is C21H33N3O4. The smallest absolute Gasteiger partial charge is 0.355 e. The first-order valence-electron chi connectivity index (χ1n) is 10.2. The van der Waals surface area contributed by atoms with Gasteiger partial charge < -0.3 is 19.9 Å². The number of hydrogen-bond donors (Lipinski definition) is 2. The van der Waals surface area contributed by atoms with E-state index >= 15 is 0 Å². The van der Waals surface area contributed by atoms with Gasteiger partial charge in [0.1, 0.15) is 5.69 Å². The molecule has 2 rings (SSSR count). The fourth-order valence-electron chi connectivity index (χ4n) is 3.67. The number of esters is 1. The van der Waals surface area contributed by atoms with E-state index in [1.165, 1.54) is 0 Å². The number of aryl methyl sites for hydroxylation is 1. The second-order valence-electron chi connectivity index (χ2n) is 7.66. The van der Waals surface area contributed by atoms with Gasteiger partial charge in [-0.05, 0) is 58.4 Å². The van der Waals surface area contributed by atoms with Crippen molar-refractivity contribution in [2.45, 2.75) is 66.3 Å². The Morgan fingerprint density at radius 2 is 1.86 bits per heavy atom. The van der Waals surface area contributed by atoms with Crippen LogP contribution in [-0.4, -0.2) is 53.4 Å². The van der Waals surface area contributed by atoms with Crippen LogP contribution in [0.1, 0.15) is 78.6 Å². The summed E-state index contributed by atoms with van der Waals surface area (Å²) < 4.78 is 5.06. The van der Waals surface area contributed by atoms with E-state index in [9.17, 15) is 14.4 Å². The number of ether oxygens (including phenoxy) is 1. The molecule has 1 aromatic heterocycles. The van der Waals surface area contributed by atoms with E-state index < -0.39 is 5.97 Å². The van der Waals surface area contributed by atoms with Crippen molar-refractivity contribution in [3.05, 3.63) is 22.5 Å². The lowest BCUT2D eigenvalue weighted by atomic mass is 9.92. The van der Waals surface area contributed by atoms with Crippen molar-refractivity contribution in [2.75, 3.05) is 19.7 Å². The second-order valence-corrected chi connectivity index (χ2v) is 7.66. The molecule has 0 bridgehead atoms. The molecule has 0 spiro atoms. The van der Waals surface area contributed by atoms with E-state index in [1.54, 1.807) is 20.8 Å².